The first-order valence-corrected chi connectivity index (χ1v) is 6.77. The van der Waals surface area contributed by atoms with Crippen molar-refractivity contribution in [2.45, 2.75) is 52.0 Å². The lowest BCUT2D eigenvalue weighted by atomic mass is 10.1. The Balaban J connectivity index is 2.15. The van der Waals surface area contributed by atoms with Crippen LogP contribution in [0.3, 0.4) is 0 Å². The fourth-order valence-electron chi connectivity index (χ4n) is 1.83. The van der Waals surface area contributed by atoms with E-state index in [1.54, 1.807) is 12.1 Å². The summed E-state index contributed by atoms with van der Waals surface area (Å²) < 4.78 is 0. The van der Waals surface area contributed by atoms with E-state index in [4.69, 9.17) is 0 Å². The van der Waals surface area contributed by atoms with Gasteiger partial charge in [-0.2, -0.15) is 0 Å². The van der Waals surface area contributed by atoms with Crippen LogP contribution in [-0.2, 0) is 11.3 Å². The van der Waals surface area contributed by atoms with E-state index in [1.807, 2.05) is 12.1 Å². The van der Waals surface area contributed by atoms with Crippen LogP contribution in [-0.4, -0.2) is 11.0 Å². The van der Waals surface area contributed by atoms with Crippen LogP contribution in [0, 0.1) is 0 Å². The Morgan fingerprint density at radius 1 is 1.17 bits per heavy atom. The zero-order valence-electron chi connectivity index (χ0n) is 11.1. The molecule has 1 aromatic carbocycles. The van der Waals surface area contributed by atoms with Crippen molar-refractivity contribution in [3.63, 3.8) is 0 Å². The van der Waals surface area contributed by atoms with E-state index in [9.17, 15) is 9.90 Å². The van der Waals surface area contributed by atoms with Gasteiger partial charge in [-0.1, -0.05) is 50.8 Å². The average Bonchev–Trinajstić information content (AvgIpc) is 2.37. The van der Waals surface area contributed by atoms with Gasteiger partial charge < -0.3 is 10.4 Å². The number of aromatic hydroxyl groups is 1. The first-order valence-electron chi connectivity index (χ1n) is 6.77. The highest BCUT2D eigenvalue weighted by Crippen LogP contribution is 2.14. The first kappa shape index (κ1) is 14.6. The molecule has 0 heterocycles. The molecule has 0 aliphatic heterocycles. The number of carbonyl (C=O) groups is 1. The molecule has 0 fully saturated rings. The molecule has 3 heteroatoms. The number of hydrogen-bond donors (Lipinski definition) is 2. The fourth-order valence-corrected chi connectivity index (χ4v) is 1.83. The molecule has 1 rings (SSSR count). The van der Waals surface area contributed by atoms with E-state index in [0.717, 1.165) is 18.4 Å². The summed E-state index contributed by atoms with van der Waals surface area (Å²) in [6.07, 6.45) is 6.34. The second-order valence-electron chi connectivity index (χ2n) is 4.57. The third-order valence-electron chi connectivity index (χ3n) is 2.98. The van der Waals surface area contributed by atoms with E-state index in [2.05, 4.69) is 12.2 Å². The number of hydrogen-bond acceptors (Lipinski definition) is 2. The van der Waals surface area contributed by atoms with Crippen LogP contribution in [0.5, 0.6) is 5.75 Å². The van der Waals surface area contributed by atoms with Gasteiger partial charge >= 0.3 is 0 Å². The maximum atomic E-state index is 11.6. The highest BCUT2D eigenvalue weighted by molar-refractivity contribution is 5.75. The summed E-state index contributed by atoms with van der Waals surface area (Å²) in [6, 6.07) is 7.07. The predicted molar refractivity (Wildman–Crippen MR) is 73.3 cm³/mol. The van der Waals surface area contributed by atoms with Gasteiger partial charge in [0.1, 0.15) is 5.75 Å². The summed E-state index contributed by atoms with van der Waals surface area (Å²) >= 11 is 0. The van der Waals surface area contributed by atoms with E-state index in [0.29, 0.717) is 13.0 Å². The Kier molecular flexibility index (Phi) is 6.92. The second kappa shape index (κ2) is 8.56. The molecule has 0 bridgehead atoms. The van der Waals surface area contributed by atoms with Gasteiger partial charge in [0.15, 0.2) is 0 Å². The van der Waals surface area contributed by atoms with Gasteiger partial charge in [0.25, 0.3) is 0 Å². The van der Waals surface area contributed by atoms with Crippen molar-refractivity contribution in [3.8, 4) is 5.75 Å². The average molecular weight is 249 g/mol. The number of benzene rings is 1. The molecule has 18 heavy (non-hydrogen) atoms. The monoisotopic (exact) mass is 249 g/mol. The number of rotatable bonds is 8. The molecule has 0 saturated heterocycles. The first-order chi connectivity index (χ1) is 8.74. The van der Waals surface area contributed by atoms with Crippen LogP contribution in [0.15, 0.2) is 24.3 Å². The summed E-state index contributed by atoms with van der Waals surface area (Å²) in [5.74, 6) is 0.301. The van der Waals surface area contributed by atoms with Crippen molar-refractivity contribution in [1.29, 1.82) is 0 Å². The van der Waals surface area contributed by atoms with Gasteiger partial charge in [0.2, 0.25) is 5.91 Å². The Bertz CT molecular complexity index is 363. The molecule has 0 atom stereocenters. The lowest BCUT2D eigenvalue weighted by molar-refractivity contribution is -0.121. The zero-order chi connectivity index (χ0) is 13.2. The van der Waals surface area contributed by atoms with Gasteiger partial charge in [-0.05, 0) is 12.5 Å². The number of nitrogens with one attached hydrogen (secondary N) is 1. The molecule has 0 aromatic heterocycles. The Morgan fingerprint density at radius 2 is 1.89 bits per heavy atom. The van der Waals surface area contributed by atoms with Crippen LogP contribution in [0.25, 0.3) is 0 Å². The largest absolute Gasteiger partial charge is 0.508 e. The minimum atomic E-state index is 0.0646. The van der Waals surface area contributed by atoms with Crippen molar-refractivity contribution < 1.29 is 9.90 Å². The zero-order valence-corrected chi connectivity index (χ0v) is 11.1. The van der Waals surface area contributed by atoms with Crippen molar-refractivity contribution in [2.75, 3.05) is 0 Å². The van der Waals surface area contributed by atoms with Crippen molar-refractivity contribution in [2.24, 2.45) is 0 Å². The number of phenolic OH excluding ortho intramolecular Hbond substituents is 1. The Hall–Kier alpha value is -1.51. The summed E-state index contributed by atoms with van der Waals surface area (Å²) in [5.41, 5.74) is 0.761. The van der Waals surface area contributed by atoms with Gasteiger partial charge in [-0.3, -0.25) is 4.79 Å². The topological polar surface area (TPSA) is 49.3 Å². The second-order valence-corrected chi connectivity index (χ2v) is 4.57. The van der Waals surface area contributed by atoms with Crippen LogP contribution in [0.1, 0.15) is 51.0 Å². The molecule has 0 spiro atoms. The van der Waals surface area contributed by atoms with Crippen molar-refractivity contribution in [1.82, 2.24) is 5.32 Å². The van der Waals surface area contributed by atoms with E-state index >= 15 is 0 Å². The highest BCUT2D eigenvalue weighted by atomic mass is 16.3. The standard InChI is InChI=1S/C15H23NO2/c1-2-3-4-5-6-11-15(18)16-12-13-9-7-8-10-14(13)17/h7-10,17H,2-6,11-12H2,1H3,(H,16,18). The van der Waals surface area contributed by atoms with Gasteiger partial charge in [0, 0.05) is 18.5 Å². The minimum absolute atomic E-state index is 0.0646. The number of amides is 1. The van der Waals surface area contributed by atoms with Crippen molar-refractivity contribution in [3.05, 3.63) is 29.8 Å². The van der Waals surface area contributed by atoms with Gasteiger partial charge in [-0.15, -0.1) is 0 Å². The third-order valence-corrected chi connectivity index (χ3v) is 2.98. The maximum Gasteiger partial charge on any atom is 0.220 e. The molecule has 3 nitrogen and oxygen atoms in total. The summed E-state index contributed by atoms with van der Waals surface area (Å²) in [5, 5.41) is 12.4. The van der Waals surface area contributed by atoms with Gasteiger partial charge in [-0.25, -0.2) is 0 Å². The van der Waals surface area contributed by atoms with Gasteiger partial charge in [0.05, 0.1) is 0 Å². The Morgan fingerprint density at radius 3 is 2.61 bits per heavy atom. The smallest absolute Gasteiger partial charge is 0.220 e. The minimum Gasteiger partial charge on any atom is -0.508 e. The van der Waals surface area contributed by atoms with E-state index in [1.165, 1.54) is 19.3 Å². The van der Waals surface area contributed by atoms with Crippen LogP contribution in [0.2, 0.25) is 0 Å². The molecule has 0 radical (unpaired) electrons. The summed E-state index contributed by atoms with van der Waals surface area (Å²) in [4.78, 5) is 11.6. The molecule has 1 aromatic rings. The van der Waals surface area contributed by atoms with Crippen LogP contribution in [0.4, 0.5) is 0 Å². The van der Waals surface area contributed by atoms with E-state index in [-0.39, 0.29) is 11.7 Å². The molecule has 2 N–H and O–H groups in total. The quantitative estimate of drug-likeness (QED) is 0.694. The fraction of sp³-hybridized carbons (Fsp3) is 0.533. The molecule has 0 aliphatic rings. The van der Waals surface area contributed by atoms with E-state index < -0.39 is 0 Å². The third kappa shape index (κ3) is 5.71. The number of carbonyl (C=O) groups excluding carboxylic acids is 1. The highest BCUT2D eigenvalue weighted by Gasteiger charge is 2.03. The SMILES string of the molecule is CCCCCCCC(=O)NCc1ccccc1O. The van der Waals surface area contributed by atoms with Crippen molar-refractivity contribution >= 4 is 5.91 Å². The lowest BCUT2D eigenvalue weighted by Crippen LogP contribution is -2.22. The molecule has 0 aliphatic carbocycles. The summed E-state index contributed by atoms with van der Waals surface area (Å²) in [7, 11) is 0. The number of phenols is 1. The number of para-hydroxylation sites is 1. The van der Waals surface area contributed by atoms with Crippen LogP contribution >= 0.6 is 0 Å². The number of unbranched alkanes of at least 4 members (excludes halogenated alkanes) is 4. The lowest BCUT2D eigenvalue weighted by Gasteiger charge is -2.06. The molecule has 0 unspecified atom stereocenters. The molecule has 100 valence electrons. The normalized spacial score (nSPS) is 10.3. The molecular formula is C15H23NO2. The molecule has 1 amide bonds. The van der Waals surface area contributed by atoms with Crippen LogP contribution < -0.4 is 5.32 Å². The predicted octanol–water partition coefficient (Wildman–Crippen LogP) is 3.37. The Labute approximate surface area is 109 Å². The maximum absolute atomic E-state index is 11.6. The summed E-state index contributed by atoms with van der Waals surface area (Å²) in [6.45, 7) is 2.58. The molecular weight excluding hydrogens is 226 g/mol. The molecule has 0 saturated carbocycles.